The van der Waals surface area contributed by atoms with Gasteiger partial charge in [-0.2, -0.15) is 0 Å². The third-order valence-electron chi connectivity index (χ3n) is 4.30. The predicted molar refractivity (Wildman–Crippen MR) is 110 cm³/mol. The van der Waals surface area contributed by atoms with Crippen LogP contribution in [0.3, 0.4) is 0 Å². The minimum atomic E-state index is 0.282. The lowest BCUT2D eigenvalue weighted by atomic mass is 9.97. The zero-order chi connectivity index (χ0) is 18.5. The third kappa shape index (κ3) is 3.70. The maximum Gasteiger partial charge on any atom is 0.122 e. The van der Waals surface area contributed by atoms with E-state index in [1.54, 1.807) is 12.1 Å². The summed E-state index contributed by atoms with van der Waals surface area (Å²) in [6.07, 6.45) is 7.61. The molecule has 0 aliphatic carbocycles. The van der Waals surface area contributed by atoms with E-state index in [2.05, 4.69) is 24.3 Å². The van der Waals surface area contributed by atoms with Gasteiger partial charge in [-0.1, -0.05) is 60.7 Å². The Bertz CT molecular complexity index is 884. The van der Waals surface area contributed by atoms with E-state index in [4.69, 9.17) is 0 Å². The molecule has 0 aliphatic rings. The minimum absolute atomic E-state index is 0.282. The molecule has 3 aromatic carbocycles. The van der Waals surface area contributed by atoms with Gasteiger partial charge in [0.05, 0.1) is 0 Å². The zero-order valence-corrected chi connectivity index (χ0v) is 15.0. The fourth-order valence-electron chi connectivity index (χ4n) is 2.95. The Morgan fingerprint density at radius 3 is 1.23 bits per heavy atom. The lowest BCUT2D eigenvalue weighted by Crippen LogP contribution is -1.84. The molecule has 130 valence electrons. The molecule has 0 saturated heterocycles. The van der Waals surface area contributed by atoms with Crippen LogP contribution in [0, 0.1) is 0 Å². The van der Waals surface area contributed by atoms with Crippen LogP contribution in [0.25, 0.3) is 34.4 Å². The van der Waals surface area contributed by atoms with Crippen molar-refractivity contribution in [2.75, 3.05) is 0 Å². The van der Waals surface area contributed by atoms with Gasteiger partial charge in [-0.3, -0.25) is 0 Å². The molecule has 0 fully saturated rings. The molecule has 3 rings (SSSR count). The molecule has 0 unspecified atom stereocenters. The highest BCUT2D eigenvalue weighted by Crippen LogP contribution is 2.31. The Morgan fingerprint density at radius 2 is 0.885 bits per heavy atom. The van der Waals surface area contributed by atoms with Crippen molar-refractivity contribution >= 4 is 12.2 Å². The number of rotatable bonds is 4. The van der Waals surface area contributed by atoms with Crippen molar-refractivity contribution in [1.82, 2.24) is 0 Å². The Hall–Kier alpha value is -3.26. The van der Waals surface area contributed by atoms with Gasteiger partial charge < -0.3 is 10.2 Å². The Morgan fingerprint density at radius 1 is 0.538 bits per heavy atom. The van der Waals surface area contributed by atoms with Gasteiger partial charge in [0.15, 0.2) is 0 Å². The average molecular weight is 342 g/mol. The Balaban J connectivity index is 1.94. The number of phenolic OH excluding ortho intramolecular Hbond substituents is 2. The second-order valence-electron chi connectivity index (χ2n) is 6.12. The molecular formula is C24H22O2. The van der Waals surface area contributed by atoms with Crippen LogP contribution < -0.4 is 0 Å². The van der Waals surface area contributed by atoms with E-state index >= 15 is 0 Å². The first-order valence-corrected chi connectivity index (χ1v) is 8.64. The van der Waals surface area contributed by atoms with Crippen LogP contribution in [0.1, 0.15) is 25.0 Å². The summed E-state index contributed by atoms with van der Waals surface area (Å²) < 4.78 is 0. The number of phenols is 2. The largest absolute Gasteiger partial charge is 0.507 e. The maximum atomic E-state index is 9.92. The average Bonchev–Trinajstić information content (AvgIpc) is 2.66. The number of aromatic hydroxyl groups is 2. The summed E-state index contributed by atoms with van der Waals surface area (Å²) in [5.74, 6) is 0.563. The van der Waals surface area contributed by atoms with Gasteiger partial charge in [-0.25, -0.2) is 0 Å². The summed E-state index contributed by atoms with van der Waals surface area (Å²) in [7, 11) is 0. The molecule has 3 aromatic rings. The SMILES string of the molecule is CC=Cc1cc(-c2ccc(-c3ccc(O)c(C=CC)c3)cc2)ccc1O. The fraction of sp³-hybridized carbons (Fsp3) is 0.0833. The van der Waals surface area contributed by atoms with E-state index in [0.29, 0.717) is 0 Å². The van der Waals surface area contributed by atoms with Crippen LogP contribution >= 0.6 is 0 Å². The molecule has 0 saturated carbocycles. The molecular weight excluding hydrogens is 320 g/mol. The lowest BCUT2D eigenvalue weighted by molar-refractivity contribution is 0.473. The highest BCUT2D eigenvalue weighted by molar-refractivity contribution is 5.75. The molecule has 2 heteroatoms. The van der Waals surface area contributed by atoms with E-state index in [-0.39, 0.29) is 11.5 Å². The lowest BCUT2D eigenvalue weighted by Gasteiger charge is -2.08. The zero-order valence-electron chi connectivity index (χ0n) is 15.0. The van der Waals surface area contributed by atoms with Crippen LogP contribution in [0.2, 0.25) is 0 Å². The number of hydrogen-bond acceptors (Lipinski definition) is 2. The van der Waals surface area contributed by atoms with Gasteiger partial charge in [0, 0.05) is 11.1 Å². The van der Waals surface area contributed by atoms with E-state index in [0.717, 1.165) is 33.4 Å². The number of hydrogen-bond donors (Lipinski definition) is 2. The van der Waals surface area contributed by atoms with Crippen molar-refractivity contribution in [2.24, 2.45) is 0 Å². The highest BCUT2D eigenvalue weighted by atomic mass is 16.3. The highest BCUT2D eigenvalue weighted by Gasteiger charge is 2.05. The van der Waals surface area contributed by atoms with Gasteiger partial charge in [-0.15, -0.1) is 0 Å². The number of allylic oxidation sites excluding steroid dienone is 2. The summed E-state index contributed by atoms with van der Waals surface area (Å²) in [4.78, 5) is 0. The van der Waals surface area contributed by atoms with Crippen LogP contribution in [0.15, 0.2) is 72.8 Å². The van der Waals surface area contributed by atoms with E-state index in [1.165, 1.54) is 0 Å². The van der Waals surface area contributed by atoms with Crippen LogP contribution in [-0.2, 0) is 0 Å². The molecule has 26 heavy (non-hydrogen) atoms. The van der Waals surface area contributed by atoms with Gasteiger partial charge in [-0.05, 0) is 60.4 Å². The van der Waals surface area contributed by atoms with Crippen LogP contribution in [0.5, 0.6) is 11.5 Å². The Kier molecular flexibility index (Phi) is 5.23. The first kappa shape index (κ1) is 17.6. The fourth-order valence-corrected chi connectivity index (χ4v) is 2.95. The van der Waals surface area contributed by atoms with Crippen molar-refractivity contribution in [3.63, 3.8) is 0 Å². The standard InChI is InChI=1S/C24H22O2/c1-3-5-21-15-19(11-13-23(21)25)17-7-9-18(10-8-17)20-12-14-24(26)22(16-20)6-4-2/h3-16,25-26H,1-2H3. The van der Waals surface area contributed by atoms with E-state index in [1.807, 2.05) is 62.4 Å². The predicted octanol–water partition coefficient (Wildman–Crippen LogP) is 6.50. The minimum Gasteiger partial charge on any atom is -0.507 e. The smallest absolute Gasteiger partial charge is 0.122 e. The molecule has 0 aromatic heterocycles. The van der Waals surface area contributed by atoms with E-state index in [9.17, 15) is 10.2 Å². The molecule has 0 aliphatic heterocycles. The van der Waals surface area contributed by atoms with E-state index < -0.39 is 0 Å². The second kappa shape index (κ2) is 7.75. The van der Waals surface area contributed by atoms with Gasteiger partial charge in [0.25, 0.3) is 0 Å². The quantitative estimate of drug-likeness (QED) is 0.568. The normalized spacial score (nSPS) is 11.5. The first-order chi connectivity index (χ1) is 12.6. The third-order valence-corrected chi connectivity index (χ3v) is 4.30. The monoisotopic (exact) mass is 342 g/mol. The summed E-state index contributed by atoms with van der Waals surface area (Å²) in [5.41, 5.74) is 5.91. The first-order valence-electron chi connectivity index (χ1n) is 8.64. The van der Waals surface area contributed by atoms with Crippen molar-refractivity contribution < 1.29 is 10.2 Å². The van der Waals surface area contributed by atoms with Crippen LogP contribution in [0.4, 0.5) is 0 Å². The maximum absolute atomic E-state index is 9.92. The topological polar surface area (TPSA) is 40.5 Å². The molecule has 0 heterocycles. The van der Waals surface area contributed by atoms with Gasteiger partial charge >= 0.3 is 0 Å². The van der Waals surface area contributed by atoms with Crippen molar-refractivity contribution in [2.45, 2.75) is 13.8 Å². The second-order valence-corrected chi connectivity index (χ2v) is 6.12. The Labute approximate surface area is 154 Å². The molecule has 0 amide bonds. The molecule has 2 nitrogen and oxygen atoms in total. The summed E-state index contributed by atoms with van der Waals surface area (Å²) in [5, 5.41) is 19.8. The summed E-state index contributed by atoms with van der Waals surface area (Å²) in [6.45, 7) is 3.86. The van der Waals surface area contributed by atoms with Gasteiger partial charge in [0.2, 0.25) is 0 Å². The summed E-state index contributed by atoms with van der Waals surface area (Å²) >= 11 is 0. The van der Waals surface area contributed by atoms with Crippen LogP contribution in [-0.4, -0.2) is 10.2 Å². The molecule has 0 spiro atoms. The van der Waals surface area contributed by atoms with Crippen molar-refractivity contribution in [1.29, 1.82) is 0 Å². The number of benzene rings is 3. The molecule has 2 N–H and O–H groups in total. The van der Waals surface area contributed by atoms with Crippen molar-refractivity contribution in [3.05, 3.63) is 83.9 Å². The molecule has 0 bridgehead atoms. The van der Waals surface area contributed by atoms with Gasteiger partial charge in [0.1, 0.15) is 11.5 Å². The summed E-state index contributed by atoms with van der Waals surface area (Å²) in [6, 6.07) is 19.5. The molecule has 0 atom stereocenters. The molecule has 0 radical (unpaired) electrons. The van der Waals surface area contributed by atoms with Crippen molar-refractivity contribution in [3.8, 4) is 33.8 Å².